The molecule has 0 aliphatic carbocycles. The van der Waals surface area contributed by atoms with Gasteiger partial charge < -0.3 is 15.2 Å². The van der Waals surface area contributed by atoms with Crippen LogP contribution in [-0.2, 0) is 4.79 Å². The molecule has 1 fully saturated rings. The number of halogens is 1. The minimum absolute atomic E-state index is 0.0206. The van der Waals surface area contributed by atoms with Gasteiger partial charge in [-0.15, -0.1) is 0 Å². The van der Waals surface area contributed by atoms with Crippen molar-refractivity contribution in [2.45, 2.75) is 0 Å². The van der Waals surface area contributed by atoms with Crippen LogP contribution >= 0.6 is 11.6 Å². The molecule has 2 rings (SSSR count). The molecule has 0 unspecified atom stereocenters. The largest absolute Gasteiger partial charge is 0.353 e. The van der Waals surface area contributed by atoms with Crippen LogP contribution in [0, 0.1) is 0 Å². The Morgan fingerprint density at radius 2 is 2.27 bits per heavy atom. The Bertz CT molecular complexity index is 445. The molecule has 1 aromatic rings. The second-order valence-corrected chi connectivity index (χ2v) is 3.52. The summed E-state index contributed by atoms with van der Waals surface area (Å²) < 4.78 is 0. The predicted octanol–water partition coefficient (Wildman–Crippen LogP) is -0.641. The van der Waals surface area contributed by atoms with Gasteiger partial charge in [-0.25, -0.2) is 4.98 Å². The van der Waals surface area contributed by atoms with Crippen molar-refractivity contribution in [2.75, 3.05) is 24.5 Å². The lowest BCUT2D eigenvalue weighted by Crippen LogP contribution is -2.48. The Kier molecular flexibility index (Phi) is 2.59. The maximum Gasteiger partial charge on any atom is 0.271 e. The van der Waals surface area contributed by atoms with Gasteiger partial charge in [0.2, 0.25) is 5.91 Å². The summed E-state index contributed by atoms with van der Waals surface area (Å²) in [4.78, 5) is 30.3. The average molecular weight is 229 g/mol. The number of amides is 1. The number of hydrogen-bond donors (Lipinski definition) is 2. The van der Waals surface area contributed by atoms with Crippen molar-refractivity contribution < 1.29 is 4.79 Å². The number of piperazine rings is 1. The summed E-state index contributed by atoms with van der Waals surface area (Å²) in [6.07, 6.45) is 1.27. The van der Waals surface area contributed by atoms with Crippen molar-refractivity contribution in [2.24, 2.45) is 0 Å². The monoisotopic (exact) mass is 228 g/mol. The van der Waals surface area contributed by atoms with E-state index in [2.05, 4.69) is 15.3 Å². The molecule has 1 aliphatic heterocycles. The van der Waals surface area contributed by atoms with Crippen LogP contribution in [-0.4, -0.2) is 35.5 Å². The highest BCUT2D eigenvalue weighted by Gasteiger charge is 2.20. The van der Waals surface area contributed by atoms with E-state index in [9.17, 15) is 9.59 Å². The number of H-pyrrole nitrogens is 1. The van der Waals surface area contributed by atoms with E-state index in [1.54, 1.807) is 4.90 Å². The normalized spacial score (nSPS) is 16.3. The molecule has 80 valence electrons. The Balaban J connectivity index is 2.32. The number of nitrogens with zero attached hydrogens (tertiary/aromatic N) is 2. The van der Waals surface area contributed by atoms with Crippen LogP contribution in [0.5, 0.6) is 0 Å². The zero-order valence-corrected chi connectivity index (χ0v) is 8.54. The zero-order chi connectivity index (χ0) is 10.8. The molecule has 0 radical (unpaired) electrons. The number of aromatic nitrogens is 2. The van der Waals surface area contributed by atoms with Gasteiger partial charge in [-0.1, -0.05) is 11.6 Å². The first-order chi connectivity index (χ1) is 7.18. The average Bonchev–Trinajstić information content (AvgIpc) is 2.22. The fraction of sp³-hybridized carbons (Fsp3) is 0.375. The molecule has 0 saturated carbocycles. The lowest BCUT2D eigenvalue weighted by molar-refractivity contribution is -0.120. The first-order valence-electron chi connectivity index (χ1n) is 4.43. The zero-order valence-electron chi connectivity index (χ0n) is 7.79. The van der Waals surface area contributed by atoms with Gasteiger partial charge in [0.15, 0.2) is 5.82 Å². The van der Waals surface area contributed by atoms with Crippen LogP contribution in [0.15, 0.2) is 11.1 Å². The van der Waals surface area contributed by atoms with E-state index in [0.29, 0.717) is 18.9 Å². The molecule has 0 spiro atoms. The van der Waals surface area contributed by atoms with Crippen LogP contribution < -0.4 is 15.8 Å². The molecule has 1 amide bonds. The van der Waals surface area contributed by atoms with E-state index >= 15 is 0 Å². The minimum atomic E-state index is -0.396. The van der Waals surface area contributed by atoms with Gasteiger partial charge in [-0.2, -0.15) is 0 Å². The molecule has 0 bridgehead atoms. The van der Waals surface area contributed by atoms with Crippen LogP contribution in [0.25, 0.3) is 0 Å². The number of aromatic amines is 1. The van der Waals surface area contributed by atoms with E-state index in [1.807, 2.05) is 0 Å². The van der Waals surface area contributed by atoms with E-state index in [1.165, 1.54) is 6.33 Å². The third-order valence-corrected chi connectivity index (χ3v) is 2.46. The van der Waals surface area contributed by atoms with Gasteiger partial charge in [-0.3, -0.25) is 9.59 Å². The summed E-state index contributed by atoms with van der Waals surface area (Å²) in [5.74, 6) is 0.259. The van der Waals surface area contributed by atoms with Crippen molar-refractivity contribution >= 4 is 23.3 Å². The molecule has 1 aromatic heterocycles. The summed E-state index contributed by atoms with van der Waals surface area (Å²) in [5.41, 5.74) is -0.396. The number of rotatable bonds is 1. The van der Waals surface area contributed by atoms with Gasteiger partial charge in [0.1, 0.15) is 5.02 Å². The fourth-order valence-electron chi connectivity index (χ4n) is 1.41. The fourth-order valence-corrected chi connectivity index (χ4v) is 1.64. The quantitative estimate of drug-likeness (QED) is 0.670. The van der Waals surface area contributed by atoms with E-state index < -0.39 is 5.56 Å². The highest BCUT2D eigenvalue weighted by Crippen LogP contribution is 2.18. The van der Waals surface area contributed by atoms with Crippen LogP contribution in [0.4, 0.5) is 5.82 Å². The predicted molar refractivity (Wildman–Crippen MR) is 55.1 cm³/mol. The molecule has 2 N–H and O–H groups in total. The Morgan fingerprint density at radius 3 is 3.00 bits per heavy atom. The lowest BCUT2D eigenvalue weighted by Gasteiger charge is -2.27. The minimum Gasteiger partial charge on any atom is -0.353 e. The molecule has 1 aliphatic rings. The second kappa shape index (κ2) is 3.90. The van der Waals surface area contributed by atoms with Crippen molar-refractivity contribution in [3.8, 4) is 0 Å². The number of carbonyl (C=O) groups excluding carboxylic acids is 1. The molecule has 0 atom stereocenters. The second-order valence-electron chi connectivity index (χ2n) is 3.14. The highest BCUT2D eigenvalue weighted by atomic mass is 35.5. The number of anilines is 1. The number of carbonyl (C=O) groups is 1. The summed E-state index contributed by atoms with van der Waals surface area (Å²) in [7, 11) is 0. The molecule has 6 nitrogen and oxygen atoms in total. The standard InChI is InChI=1S/C8H9ClN4O2/c9-6-7(11-4-12-8(6)15)13-2-1-10-5(14)3-13/h4H,1-3H2,(H,10,14)(H,11,12,15). The van der Waals surface area contributed by atoms with Crippen molar-refractivity contribution in [1.29, 1.82) is 0 Å². The Labute approximate surface area is 90.3 Å². The van der Waals surface area contributed by atoms with Gasteiger partial charge in [0, 0.05) is 13.1 Å². The van der Waals surface area contributed by atoms with Gasteiger partial charge in [-0.05, 0) is 0 Å². The molecule has 15 heavy (non-hydrogen) atoms. The highest BCUT2D eigenvalue weighted by molar-refractivity contribution is 6.32. The Morgan fingerprint density at radius 1 is 1.47 bits per heavy atom. The summed E-state index contributed by atoms with van der Waals surface area (Å²) in [6.45, 7) is 1.31. The first-order valence-corrected chi connectivity index (χ1v) is 4.81. The summed E-state index contributed by atoms with van der Waals surface area (Å²) in [6, 6.07) is 0. The summed E-state index contributed by atoms with van der Waals surface area (Å²) >= 11 is 5.79. The van der Waals surface area contributed by atoms with Crippen molar-refractivity contribution in [3.05, 3.63) is 21.7 Å². The third kappa shape index (κ3) is 1.94. The van der Waals surface area contributed by atoms with Crippen molar-refractivity contribution in [3.63, 3.8) is 0 Å². The van der Waals surface area contributed by atoms with Crippen LogP contribution in [0.2, 0.25) is 5.02 Å². The lowest BCUT2D eigenvalue weighted by atomic mass is 10.3. The maximum absolute atomic E-state index is 11.2. The van der Waals surface area contributed by atoms with E-state index in [4.69, 9.17) is 11.6 Å². The topological polar surface area (TPSA) is 78.1 Å². The smallest absolute Gasteiger partial charge is 0.271 e. The number of hydrogen-bond acceptors (Lipinski definition) is 4. The molecule has 2 heterocycles. The summed E-state index contributed by atoms with van der Waals surface area (Å²) in [5, 5.41) is 2.70. The van der Waals surface area contributed by atoms with Gasteiger partial charge in [0.05, 0.1) is 12.9 Å². The molecular formula is C8H9ClN4O2. The van der Waals surface area contributed by atoms with E-state index in [0.717, 1.165) is 0 Å². The van der Waals surface area contributed by atoms with Gasteiger partial charge >= 0.3 is 0 Å². The maximum atomic E-state index is 11.2. The first kappa shape index (κ1) is 9.97. The third-order valence-electron chi connectivity index (χ3n) is 2.12. The van der Waals surface area contributed by atoms with Gasteiger partial charge in [0.25, 0.3) is 5.56 Å². The molecule has 0 aromatic carbocycles. The van der Waals surface area contributed by atoms with E-state index in [-0.39, 0.29) is 17.5 Å². The molecular weight excluding hydrogens is 220 g/mol. The van der Waals surface area contributed by atoms with Crippen LogP contribution in [0.3, 0.4) is 0 Å². The Hall–Kier alpha value is -1.56. The molecule has 7 heteroatoms. The molecule has 1 saturated heterocycles. The number of nitrogens with one attached hydrogen (secondary N) is 2. The van der Waals surface area contributed by atoms with Crippen molar-refractivity contribution in [1.82, 2.24) is 15.3 Å². The SMILES string of the molecule is O=C1CN(c2nc[nH]c(=O)c2Cl)CCN1. The van der Waals surface area contributed by atoms with Crippen LogP contribution in [0.1, 0.15) is 0 Å².